The molecule has 2 heteroatoms. The zero-order valence-corrected chi connectivity index (χ0v) is 23.7. The highest BCUT2D eigenvalue weighted by atomic mass is 14.7. The quantitative estimate of drug-likeness (QED) is 0.176. The van der Waals surface area contributed by atoms with E-state index in [0.717, 1.165) is 22.6 Å². The molecule has 6 aromatic carbocycles. The molecule has 0 aromatic heterocycles. The van der Waals surface area contributed by atoms with Gasteiger partial charge >= 0.3 is 0 Å². The van der Waals surface area contributed by atoms with Gasteiger partial charge in [-0.15, -0.1) is 0 Å². The molecular weight excluding hydrogens is 508 g/mol. The Hall–Kier alpha value is -5.21. The Bertz CT molecular complexity index is 2080. The molecule has 0 bridgehead atoms. The Labute approximate surface area is 246 Å². The molecule has 2 nitrogen and oxygen atoms in total. The molecule has 2 aliphatic carbocycles. The molecule has 2 aliphatic rings. The summed E-state index contributed by atoms with van der Waals surface area (Å²) in [6.07, 6.45) is 0. The van der Waals surface area contributed by atoms with Crippen LogP contribution in [0.15, 0.2) is 138 Å². The van der Waals surface area contributed by atoms with Crippen molar-refractivity contribution in [2.45, 2.75) is 19.3 Å². The van der Waals surface area contributed by atoms with Crippen LogP contribution < -0.4 is 5.73 Å². The predicted octanol–water partition coefficient (Wildman–Crippen LogP) is 9.73. The molecule has 0 amide bonds. The number of nitrogen functional groups attached to an aromatic ring is 1. The van der Waals surface area contributed by atoms with Crippen LogP contribution in [0.2, 0.25) is 0 Å². The highest BCUT2D eigenvalue weighted by Crippen LogP contribution is 2.63. The number of fused-ring (bicyclic) bond motifs is 10. The molecule has 0 radical (unpaired) electrons. The lowest BCUT2D eigenvalue weighted by atomic mass is 9.70. The highest BCUT2D eigenvalue weighted by molar-refractivity contribution is 6.02. The SMILES string of the molecule is CC(=Nc1ccccc1C)c1cccc(-c2ccc3c(c2)-c2ccccc2C32c3ccccc3-c3cc(N)ccc32)c1. The van der Waals surface area contributed by atoms with Gasteiger partial charge in [0.25, 0.3) is 0 Å². The van der Waals surface area contributed by atoms with E-state index in [0.29, 0.717) is 0 Å². The lowest BCUT2D eigenvalue weighted by molar-refractivity contribution is 0.794. The van der Waals surface area contributed by atoms with Gasteiger partial charge in [-0.25, -0.2) is 0 Å². The van der Waals surface area contributed by atoms with Gasteiger partial charge in [0.1, 0.15) is 0 Å². The zero-order chi connectivity index (χ0) is 28.4. The molecule has 1 unspecified atom stereocenters. The van der Waals surface area contributed by atoms with Gasteiger partial charge in [0.15, 0.2) is 0 Å². The maximum absolute atomic E-state index is 6.32. The summed E-state index contributed by atoms with van der Waals surface area (Å²) in [5, 5.41) is 0. The van der Waals surface area contributed by atoms with Crippen molar-refractivity contribution in [3.63, 3.8) is 0 Å². The number of rotatable bonds is 3. The lowest BCUT2D eigenvalue weighted by Crippen LogP contribution is -2.25. The summed E-state index contributed by atoms with van der Waals surface area (Å²) in [4.78, 5) is 4.96. The Morgan fingerprint density at radius 1 is 0.548 bits per heavy atom. The van der Waals surface area contributed by atoms with E-state index >= 15 is 0 Å². The fourth-order valence-corrected chi connectivity index (χ4v) is 7.20. The Balaban J connectivity index is 1.30. The molecule has 1 atom stereocenters. The number of hydrogen-bond acceptors (Lipinski definition) is 2. The third-order valence-corrected chi connectivity index (χ3v) is 9.13. The second-order valence-corrected chi connectivity index (χ2v) is 11.5. The van der Waals surface area contributed by atoms with Crippen molar-refractivity contribution in [1.82, 2.24) is 0 Å². The van der Waals surface area contributed by atoms with Gasteiger partial charge in [0.2, 0.25) is 0 Å². The molecule has 6 aromatic rings. The number of nitrogens with two attached hydrogens (primary N) is 1. The molecule has 0 aliphatic heterocycles. The third kappa shape index (κ3) is 3.42. The van der Waals surface area contributed by atoms with Crippen molar-refractivity contribution in [1.29, 1.82) is 0 Å². The van der Waals surface area contributed by atoms with Gasteiger partial charge in [0.05, 0.1) is 11.1 Å². The van der Waals surface area contributed by atoms with E-state index < -0.39 is 0 Å². The molecule has 1 spiro atoms. The molecule has 0 saturated heterocycles. The summed E-state index contributed by atoms with van der Waals surface area (Å²) in [6, 6.07) is 48.2. The van der Waals surface area contributed by atoms with Gasteiger partial charge in [-0.05, 0) is 111 Å². The first kappa shape index (κ1) is 24.6. The number of nitrogens with zero attached hydrogens (tertiary/aromatic N) is 1. The van der Waals surface area contributed by atoms with E-state index in [4.69, 9.17) is 10.7 Å². The molecular formula is C40H30N2. The summed E-state index contributed by atoms with van der Waals surface area (Å²) in [6.45, 7) is 4.20. The van der Waals surface area contributed by atoms with Crippen LogP contribution in [0.5, 0.6) is 0 Å². The first-order chi connectivity index (χ1) is 20.6. The van der Waals surface area contributed by atoms with Crippen molar-refractivity contribution < 1.29 is 0 Å². The average Bonchev–Trinajstić information content (AvgIpc) is 3.48. The Morgan fingerprint density at radius 3 is 1.88 bits per heavy atom. The van der Waals surface area contributed by atoms with Crippen LogP contribution in [0.4, 0.5) is 11.4 Å². The van der Waals surface area contributed by atoms with Crippen molar-refractivity contribution >= 4 is 17.1 Å². The Morgan fingerprint density at radius 2 is 1.14 bits per heavy atom. The van der Waals surface area contributed by atoms with Crippen molar-refractivity contribution in [2.75, 3.05) is 5.73 Å². The van der Waals surface area contributed by atoms with Crippen molar-refractivity contribution in [3.8, 4) is 33.4 Å². The van der Waals surface area contributed by atoms with Gasteiger partial charge in [-0.3, -0.25) is 4.99 Å². The van der Waals surface area contributed by atoms with Crippen molar-refractivity contribution in [3.05, 3.63) is 167 Å². The molecule has 42 heavy (non-hydrogen) atoms. The maximum atomic E-state index is 6.32. The minimum absolute atomic E-state index is 0.358. The van der Waals surface area contributed by atoms with E-state index in [-0.39, 0.29) is 5.41 Å². The molecule has 0 heterocycles. The number of hydrogen-bond donors (Lipinski definition) is 1. The smallest absolute Gasteiger partial charge is 0.0725 e. The van der Waals surface area contributed by atoms with Crippen LogP contribution in [0, 0.1) is 6.92 Å². The largest absolute Gasteiger partial charge is 0.399 e. The standard InChI is InChI=1S/C40H30N2/c1-25-10-3-8-17-39(25)42-26(2)27-11-9-12-28(22-27)29-18-20-37-33(23-29)31-13-4-6-15-35(31)40(37)36-16-7-5-14-32(36)34-24-30(41)19-21-38(34)40/h3-24H,41H2,1-2H3. The number of benzene rings is 6. The van der Waals surface area contributed by atoms with Crippen LogP contribution >= 0.6 is 0 Å². The number of aliphatic imine (C=N–C) groups is 1. The lowest BCUT2D eigenvalue weighted by Gasteiger charge is -2.30. The summed E-state index contributed by atoms with van der Waals surface area (Å²) >= 11 is 0. The van der Waals surface area contributed by atoms with Gasteiger partial charge < -0.3 is 5.73 Å². The molecule has 0 saturated carbocycles. The maximum Gasteiger partial charge on any atom is 0.0725 e. The van der Waals surface area contributed by atoms with Gasteiger partial charge in [0, 0.05) is 11.4 Å². The first-order valence-electron chi connectivity index (χ1n) is 14.5. The van der Waals surface area contributed by atoms with Crippen LogP contribution in [-0.4, -0.2) is 5.71 Å². The van der Waals surface area contributed by atoms with E-state index in [1.54, 1.807) is 0 Å². The van der Waals surface area contributed by atoms with E-state index in [2.05, 4.69) is 135 Å². The predicted molar refractivity (Wildman–Crippen MR) is 176 cm³/mol. The first-order valence-corrected chi connectivity index (χ1v) is 14.5. The molecule has 0 fully saturated rings. The zero-order valence-electron chi connectivity index (χ0n) is 23.7. The Kier molecular flexibility index (Phi) is 5.36. The monoisotopic (exact) mass is 538 g/mol. The van der Waals surface area contributed by atoms with Crippen LogP contribution in [0.3, 0.4) is 0 Å². The second kappa shape index (κ2) is 9.15. The molecule has 8 rings (SSSR count). The fourth-order valence-electron chi connectivity index (χ4n) is 7.20. The number of aryl methyl sites for hydroxylation is 1. The average molecular weight is 539 g/mol. The molecule has 200 valence electrons. The van der Waals surface area contributed by atoms with Gasteiger partial charge in [-0.2, -0.15) is 0 Å². The van der Waals surface area contributed by atoms with E-state index in [1.807, 2.05) is 12.1 Å². The van der Waals surface area contributed by atoms with Gasteiger partial charge in [-0.1, -0.05) is 103 Å². The minimum Gasteiger partial charge on any atom is -0.399 e. The fraction of sp³-hybridized carbons (Fsp3) is 0.0750. The topological polar surface area (TPSA) is 38.4 Å². The highest BCUT2D eigenvalue weighted by Gasteiger charge is 2.51. The van der Waals surface area contributed by atoms with E-state index in [1.165, 1.54) is 61.2 Å². The van der Waals surface area contributed by atoms with Crippen molar-refractivity contribution in [2.24, 2.45) is 4.99 Å². The normalized spacial score (nSPS) is 16.2. The van der Waals surface area contributed by atoms with Crippen LogP contribution in [0.1, 0.15) is 40.3 Å². The summed E-state index contributed by atoms with van der Waals surface area (Å²) in [5.41, 5.74) is 23.9. The second-order valence-electron chi connectivity index (χ2n) is 11.5. The minimum atomic E-state index is -0.358. The van der Waals surface area contributed by atoms with E-state index in [9.17, 15) is 0 Å². The summed E-state index contributed by atoms with van der Waals surface area (Å²) in [7, 11) is 0. The summed E-state index contributed by atoms with van der Waals surface area (Å²) in [5.74, 6) is 0. The molecule has 2 N–H and O–H groups in total. The van der Waals surface area contributed by atoms with Crippen LogP contribution in [0.25, 0.3) is 33.4 Å². The number of para-hydroxylation sites is 1. The van der Waals surface area contributed by atoms with Crippen LogP contribution in [-0.2, 0) is 5.41 Å². The number of anilines is 1. The summed E-state index contributed by atoms with van der Waals surface area (Å²) < 4.78 is 0. The third-order valence-electron chi connectivity index (χ3n) is 9.13.